The van der Waals surface area contributed by atoms with Crippen molar-refractivity contribution in [3.8, 4) is 0 Å². The monoisotopic (exact) mass is 334 g/mol. The molecule has 0 amide bonds. The Morgan fingerprint density at radius 3 is 2.42 bits per heavy atom. The molecule has 0 aliphatic heterocycles. The third-order valence-electron chi connectivity index (χ3n) is 8.90. The second kappa shape index (κ2) is 5.72. The summed E-state index contributed by atoms with van der Waals surface area (Å²) in [6, 6.07) is 0. The number of ether oxygens (including phenoxy) is 1. The van der Waals surface area contributed by atoms with Crippen molar-refractivity contribution in [1.82, 2.24) is 0 Å². The Kier molecular flexibility index (Phi) is 4.02. The van der Waals surface area contributed by atoms with Gasteiger partial charge in [0, 0.05) is 6.92 Å². The third-order valence-corrected chi connectivity index (χ3v) is 8.90. The van der Waals surface area contributed by atoms with Gasteiger partial charge < -0.3 is 9.84 Å². The Bertz CT molecular complexity index is 517. The van der Waals surface area contributed by atoms with Gasteiger partial charge in [-0.15, -0.1) is 0 Å². The zero-order chi connectivity index (χ0) is 17.1. The van der Waals surface area contributed by atoms with Crippen molar-refractivity contribution in [3.63, 3.8) is 0 Å². The summed E-state index contributed by atoms with van der Waals surface area (Å²) >= 11 is 0. The summed E-state index contributed by atoms with van der Waals surface area (Å²) in [4.78, 5) is 11.3. The number of aliphatic hydroxyl groups is 1. The number of carbonyl (C=O) groups excluding carboxylic acids is 1. The molecule has 4 aliphatic carbocycles. The smallest absolute Gasteiger partial charge is 0.302 e. The molecule has 0 heterocycles. The second-order valence-electron chi connectivity index (χ2n) is 9.80. The number of aliphatic hydroxyl groups excluding tert-OH is 1. The first-order valence-corrected chi connectivity index (χ1v) is 10.2. The standard InChI is InChI=1S/C21H34O3/c1-13(22)24-15-8-10-20(2)14(12-15)4-5-16-17-6-7-19(23)21(17,3)11-9-18(16)20/h14-19,23H,4-12H2,1-3H3/t14-,15-,16-,17-,18-,19-,20-,21+/m0/s1. The zero-order valence-corrected chi connectivity index (χ0v) is 15.6. The first-order chi connectivity index (χ1) is 11.3. The topological polar surface area (TPSA) is 46.5 Å². The summed E-state index contributed by atoms with van der Waals surface area (Å²) in [7, 11) is 0. The van der Waals surface area contributed by atoms with Gasteiger partial charge >= 0.3 is 5.97 Å². The molecule has 24 heavy (non-hydrogen) atoms. The first kappa shape index (κ1) is 16.9. The summed E-state index contributed by atoms with van der Waals surface area (Å²) in [5.74, 6) is 2.96. The number of fused-ring (bicyclic) bond motifs is 5. The molecule has 4 aliphatic rings. The minimum atomic E-state index is -0.120. The van der Waals surface area contributed by atoms with Gasteiger partial charge in [-0.1, -0.05) is 13.8 Å². The summed E-state index contributed by atoms with van der Waals surface area (Å²) < 4.78 is 5.55. The molecule has 4 saturated carbocycles. The van der Waals surface area contributed by atoms with Crippen LogP contribution in [-0.4, -0.2) is 23.3 Å². The Hall–Kier alpha value is -0.570. The minimum absolute atomic E-state index is 0.0753. The number of hydrogen-bond donors (Lipinski definition) is 1. The molecule has 0 unspecified atom stereocenters. The average Bonchev–Trinajstić information content (AvgIpc) is 2.83. The maximum atomic E-state index is 11.3. The summed E-state index contributed by atoms with van der Waals surface area (Å²) in [5.41, 5.74) is 0.605. The van der Waals surface area contributed by atoms with Crippen LogP contribution in [0.4, 0.5) is 0 Å². The fourth-order valence-electron chi connectivity index (χ4n) is 7.53. The van der Waals surface area contributed by atoms with Crippen molar-refractivity contribution in [2.75, 3.05) is 0 Å². The lowest BCUT2D eigenvalue weighted by Crippen LogP contribution is -2.54. The van der Waals surface area contributed by atoms with E-state index in [4.69, 9.17) is 4.74 Å². The summed E-state index contributed by atoms with van der Waals surface area (Å²) in [6.07, 6.45) is 10.8. The number of hydrogen-bond acceptors (Lipinski definition) is 3. The lowest BCUT2D eigenvalue weighted by Gasteiger charge is -2.60. The number of rotatable bonds is 1. The van der Waals surface area contributed by atoms with Gasteiger partial charge in [0.2, 0.25) is 0 Å². The molecule has 0 radical (unpaired) electrons. The van der Waals surface area contributed by atoms with Crippen molar-refractivity contribution >= 4 is 5.97 Å². The highest BCUT2D eigenvalue weighted by molar-refractivity contribution is 5.66. The minimum Gasteiger partial charge on any atom is -0.463 e. The van der Waals surface area contributed by atoms with E-state index in [-0.39, 0.29) is 23.6 Å². The molecule has 4 fully saturated rings. The summed E-state index contributed by atoms with van der Waals surface area (Å²) in [5, 5.41) is 10.5. The van der Waals surface area contributed by atoms with Crippen LogP contribution >= 0.6 is 0 Å². The van der Waals surface area contributed by atoms with E-state index in [1.165, 1.54) is 45.4 Å². The normalized spacial score (nSPS) is 53.7. The van der Waals surface area contributed by atoms with E-state index >= 15 is 0 Å². The molecule has 0 saturated heterocycles. The van der Waals surface area contributed by atoms with Crippen LogP contribution < -0.4 is 0 Å². The van der Waals surface area contributed by atoms with Crippen LogP contribution in [0.5, 0.6) is 0 Å². The Morgan fingerprint density at radius 2 is 1.67 bits per heavy atom. The highest BCUT2D eigenvalue weighted by Gasteiger charge is 2.60. The molecule has 136 valence electrons. The fourth-order valence-corrected chi connectivity index (χ4v) is 7.53. The van der Waals surface area contributed by atoms with Gasteiger partial charge in [0.1, 0.15) is 6.10 Å². The van der Waals surface area contributed by atoms with Crippen LogP contribution in [0.1, 0.15) is 78.6 Å². The van der Waals surface area contributed by atoms with Crippen molar-refractivity contribution in [2.45, 2.75) is 90.8 Å². The predicted octanol–water partition coefficient (Wildman–Crippen LogP) is 4.32. The van der Waals surface area contributed by atoms with E-state index in [1.807, 2.05) is 0 Å². The summed E-state index contributed by atoms with van der Waals surface area (Å²) in [6.45, 7) is 6.43. The molecule has 0 aromatic carbocycles. The number of carbonyl (C=O) groups is 1. The molecule has 8 atom stereocenters. The molecule has 0 aromatic heterocycles. The highest BCUT2D eigenvalue weighted by atomic mass is 16.5. The maximum absolute atomic E-state index is 11.3. The van der Waals surface area contributed by atoms with Crippen LogP contribution in [0, 0.1) is 34.5 Å². The predicted molar refractivity (Wildman–Crippen MR) is 93.3 cm³/mol. The quantitative estimate of drug-likeness (QED) is 0.726. The van der Waals surface area contributed by atoms with Crippen LogP contribution in [0.15, 0.2) is 0 Å². The maximum Gasteiger partial charge on any atom is 0.302 e. The van der Waals surface area contributed by atoms with Gasteiger partial charge in [0.15, 0.2) is 0 Å². The van der Waals surface area contributed by atoms with Crippen molar-refractivity contribution in [3.05, 3.63) is 0 Å². The van der Waals surface area contributed by atoms with Crippen molar-refractivity contribution in [2.24, 2.45) is 34.5 Å². The van der Waals surface area contributed by atoms with Crippen molar-refractivity contribution in [1.29, 1.82) is 0 Å². The largest absolute Gasteiger partial charge is 0.463 e. The number of esters is 1. The highest BCUT2D eigenvalue weighted by Crippen LogP contribution is 2.66. The third kappa shape index (κ3) is 2.37. The second-order valence-corrected chi connectivity index (χ2v) is 9.80. The van der Waals surface area contributed by atoms with Gasteiger partial charge in [-0.05, 0) is 92.3 Å². The van der Waals surface area contributed by atoms with Gasteiger partial charge in [-0.3, -0.25) is 4.79 Å². The molecule has 0 aromatic rings. The Balaban J connectivity index is 1.53. The van der Waals surface area contributed by atoms with Crippen LogP contribution in [0.25, 0.3) is 0 Å². The molecule has 3 nitrogen and oxygen atoms in total. The van der Waals surface area contributed by atoms with E-state index in [9.17, 15) is 9.90 Å². The van der Waals surface area contributed by atoms with Gasteiger partial charge in [-0.2, -0.15) is 0 Å². The average molecular weight is 335 g/mol. The SMILES string of the molecule is CC(=O)O[C@H]1CC[C@@]2(C)[C@@H](CC[C@@H]3[C@@H]2CC[C@@]2(C)[C@@H](O)CC[C@@H]32)C1. The van der Waals surface area contributed by atoms with E-state index in [0.29, 0.717) is 11.3 Å². The molecule has 3 heteroatoms. The molecular weight excluding hydrogens is 300 g/mol. The van der Waals surface area contributed by atoms with Gasteiger partial charge in [-0.25, -0.2) is 0 Å². The van der Waals surface area contributed by atoms with Crippen LogP contribution in [-0.2, 0) is 9.53 Å². The molecule has 4 rings (SSSR count). The zero-order valence-electron chi connectivity index (χ0n) is 15.6. The van der Waals surface area contributed by atoms with Crippen molar-refractivity contribution < 1.29 is 14.6 Å². The van der Waals surface area contributed by atoms with E-state index in [1.54, 1.807) is 0 Å². The first-order valence-electron chi connectivity index (χ1n) is 10.2. The van der Waals surface area contributed by atoms with E-state index in [0.717, 1.165) is 37.0 Å². The lowest BCUT2D eigenvalue weighted by atomic mass is 9.45. The Labute approximate surface area is 146 Å². The Morgan fingerprint density at radius 1 is 0.958 bits per heavy atom. The van der Waals surface area contributed by atoms with Gasteiger partial charge in [0.25, 0.3) is 0 Å². The molecule has 0 bridgehead atoms. The van der Waals surface area contributed by atoms with Gasteiger partial charge in [0.05, 0.1) is 6.10 Å². The van der Waals surface area contributed by atoms with Crippen LogP contribution in [0.3, 0.4) is 0 Å². The molecular formula is C21H34O3. The fraction of sp³-hybridized carbons (Fsp3) is 0.952. The van der Waals surface area contributed by atoms with Crippen LogP contribution in [0.2, 0.25) is 0 Å². The molecule has 0 spiro atoms. The lowest BCUT2D eigenvalue weighted by molar-refractivity contribution is -0.161. The van der Waals surface area contributed by atoms with E-state index in [2.05, 4.69) is 13.8 Å². The van der Waals surface area contributed by atoms with E-state index < -0.39 is 0 Å². The molecule has 1 N–H and O–H groups in total.